The van der Waals surface area contributed by atoms with Crippen molar-refractivity contribution < 1.29 is 19.2 Å². The van der Waals surface area contributed by atoms with Crippen LogP contribution < -0.4 is 14.8 Å². The molecule has 1 N–H and O–H groups in total. The molecule has 0 unspecified atom stereocenters. The predicted molar refractivity (Wildman–Crippen MR) is 88.0 cm³/mol. The van der Waals surface area contributed by atoms with Crippen LogP contribution in [0.5, 0.6) is 11.5 Å². The van der Waals surface area contributed by atoms with E-state index in [1.165, 1.54) is 12.1 Å². The first-order chi connectivity index (χ1) is 11.5. The van der Waals surface area contributed by atoms with E-state index in [-0.39, 0.29) is 17.0 Å². The van der Waals surface area contributed by atoms with Gasteiger partial charge in [-0.05, 0) is 37.1 Å². The van der Waals surface area contributed by atoms with Crippen LogP contribution in [0.25, 0.3) is 0 Å². The molecule has 7 heteroatoms. The lowest BCUT2D eigenvalue weighted by Gasteiger charge is -2.19. The molecule has 0 aliphatic carbocycles. The molecule has 3 rings (SSSR count). The number of carbonyl (C=O) groups is 1. The number of hydrogen-bond acceptors (Lipinski definition) is 5. The van der Waals surface area contributed by atoms with Crippen LogP contribution in [0.15, 0.2) is 30.3 Å². The van der Waals surface area contributed by atoms with Crippen LogP contribution in [0.2, 0.25) is 0 Å². The quantitative estimate of drug-likeness (QED) is 0.690. The number of nitro groups is 1. The Labute approximate surface area is 138 Å². The summed E-state index contributed by atoms with van der Waals surface area (Å²) in [5.74, 6) is 0.0368. The van der Waals surface area contributed by atoms with E-state index in [0.717, 1.165) is 11.1 Å². The molecule has 0 bridgehead atoms. The first kappa shape index (κ1) is 15.8. The van der Waals surface area contributed by atoms with Gasteiger partial charge in [-0.25, -0.2) is 0 Å². The summed E-state index contributed by atoms with van der Waals surface area (Å²) < 4.78 is 10.7. The number of aryl methyl sites for hydroxylation is 2. The number of nitrogens with one attached hydrogen (secondary N) is 1. The predicted octanol–water partition coefficient (Wildman–Crippen LogP) is 3.24. The molecule has 1 aliphatic heterocycles. The fourth-order valence-electron chi connectivity index (χ4n) is 2.43. The number of nitrogens with zero attached hydrogens (tertiary/aromatic N) is 1. The Kier molecular flexibility index (Phi) is 4.07. The van der Waals surface area contributed by atoms with E-state index in [1.807, 2.05) is 26.0 Å². The molecule has 1 heterocycles. The fourth-order valence-corrected chi connectivity index (χ4v) is 2.43. The second kappa shape index (κ2) is 6.19. The lowest BCUT2D eigenvalue weighted by Crippen LogP contribution is -2.18. The molecule has 1 aliphatic rings. The minimum atomic E-state index is -0.604. The largest absolute Gasteiger partial charge is 0.486 e. The van der Waals surface area contributed by atoms with Crippen molar-refractivity contribution in [1.29, 1.82) is 0 Å². The molecule has 0 spiro atoms. The van der Waals surface area contributed by atoms with E-state index in [4.69, 9.17) is 9.47 Å². The molecular formula is C17H16N2O5. The summed E-state index contributed by atoms with van der Waals surface area (Å²) in [6, 6.07) is 8.02. The second-order valence-corrected chi connectivity index (χ2v) is 5.52. The first-order valence-electron chi connectivity index (χ1n) is 7.42. The topological polar surface area (TPSA) is 90.7 Å². The maximum Gasteiger partial charge on any atom is 0.286 e. The van der Waals surface area contributed by atoms with Crippen molar-refractivity contribution in [3.05, 3.63) is 57.1 Å². The lowest BCUT2D eigenvalue weighted by molar-refractivity contribution is -0.385. The molecule has 124 valence electrons. The van der Waals surface area contributed by atoms with E-state index >= 15 is 0 Å². The number of hydrogen-bond donors (Lipinski definition) is 1. The van der Waals surface area contributed by atoms with Gasteiger partial charge >= 0.3 is 0 Å². The summed E-state index contributed by atoms with van der Waals surface area (Å²) in [6.45, 7) is 4.55. The average Bonchev–Trinajstić information content (AvgIpc) is 2.57. The fraction of sp³-hybridized carbons (Fsp3) is 0.235. The highest BCUT2D eigenvalue weighted by Crippen LogP contribution is 2.36. The summed E-state index contributed by atoms with van der Waals surface area (Å²) >= 11 is 0. The zero-order valence-electron chi connectivity index (χ0n) is 13.3. The van der Waals surface area contributed by atoms with E-state index in [9.17, 15) is 14.9 Å². The standard InChI is InChI=1S/C17H16N2O5/c1-10-3-4-12(7-11(10)2)18-17(20)13-8-15-16(24-6-5-23-15)9-14(13)19(21)22/h3-4,7-9H,5-6H2,1-2H3,(H,18,20). The van der Waals surface area contributed by atoms with Crippen molar-refractivity contribution in [1.82, 2.24) is 0 Å². The summed E-state index contributed by atoms with van der Waals surface area (Å²) in [5, 5.41) is 14.0. The highest BCUT2D eigenvalue weighted by atomic mass is 16.6. The van der Waals surface area contributed by atoms with E-state index in [2.05, 4.69) is 5.32 Å². The van der Waals surface area contributed by atoms with Gasteiger partial charge in [-0.3, -0.25) is 14.9 Å². The molecule has 0 saturated carbocycles. The first-order valence-corrected chi connectivity index (χ1v) is 7.42. The van der Waals surface area contributed by atoms with Gasteiger partial charge in [-0.2, -0.15) is 0 Å². The van der Waals surface area contributed by atoms with Crippen LogP contribution in [0.3, 0.4) is 0 Å². The van der Waals surface area contributed by atoms with Gasteiger partial charge in [0.25, 0.3) is 11.6 Å². The molecule has 2 aromatic carbocycles. The SMILES string of the molecule is Cc1ccc(NC(=O)c2cc3c(cc2[N+](=O)[O-])OCCO3)cc1C. The van der Waals surface area contributed by atoms with Crippen LogP contribution in [0, 0.1) is 24.0 Å². The molecule has 0 aromatic heterocycles. The normalized spacial score (nSPS) is 12.6. The van der Waals surface area contributed by atoms with Crippen LogP contribution in [0.4, 0.5) is 11.4 Å². The van der Waals surface area contributed by atoms with Gasteiger partial charge in [-0.15, -0.1) is 0 Å². The van der Waals surface area contributed by atoms with E-state index in [1.54, 1.807) is 6.07 Å². The highest BCUT2D eigenvalue weighted by Gasteiger charge is 2.26. The number of benzene rings is 2. The molecule has 0 atom stereocenters. The summed E-state index contributed by atoms with van der Waals surface area (Å²) in [6.07, 6.45) is 0. The number of rotatable bonds is 3. The highest BCUT2D eigenvalue weighted by molar-refractivity contribution is 6.07. The Morgan fingerprint density at radius 1 is 1.08 bits per heavy atom. The summed E-state index contributed by atoms with van der Waals surface area (Å²) in [5.41, 5.74) is 2.30. The van der Waals surface area contributed by atoms with Crippen LogP contribution in [-0.2, 0) is 0 Å². The smallest absolute Gasteiger partial charge is 0.286 e. The molecule has 1 amide bonds. The third kappa shape index (κ3) is 3.01. The van der Waals surface area contributed by atoms with Gasteiger partial charge in [0.1, 0.15) is 18.8 Å². The van der Waals surface area contributed by atoms with Gasteiger partial charge < -0.3 is 14.8 Å². The zero-order chi connectivity index (χ0) is 17.3. The molecule has 0 radical (unpaired) electrons. The van der Waals surface area contributed by atoms with Gasteiger partial charge in [0.15, 0.2) is 11.5 Å². The van der Waals surface area contributed by atoms with E-state index < -0.39 is 10.8 Å². The summed E-state index contributed by atoms with van der Waals surface area (Å²) in [7, 11) is 0. The molecule has 0 fully saturated rings. The van der Waals surface area contributed by atoms with Crippen LogP contribution in [0.1, 0.15) is 21.5 Å². The number of amides is 1. The Morgan fingerprint density at radius 3 is 2.38 bits per heavy atom. The number of anilines is 1. The Hall–Kier alpha value is -3.09. The van der Waals surface area contributed by atoms with E-state index in [0.29, 0.717) is 24.7 Å². The number of ether oxygens (including phenoxy) is 2. The Balaban J connectivity index is 1.96. The molecule has 2 aromatic rings. The maximum atomic E-state index is 12.5. The van der Waals surface area contributed by atoms with Crippen LogP contribution >= 0.6 is 0 Å². The van der Waals surface area contributed by atoms with Gasteiger partial charge in [0.2, 0.25) is 0 Å². The number of nitro benzene ring substituents is 1. The average molecular weight is 328 g/mol. The van der Waals surface area contributed by atoms with Crippen molar-refractivity contribution >= 4 is 17.3 Å². The zero-order valence-corrected chi connectivity index (χ0v) is 13.3. The van der Waals surface area contributed by atoms with Gasteiger partial charge in [0, 0.05) is 11.8 Å². The van der Waals surface area contributed by atoms with Crippen molar-refractivity contribution in [2.45, 2.75) is 13.8 Å². The third-order valence-corrected chi connectivity index (χ3v) is 3.87. The van der Waals surface area contributed by atoms with Crippen molar-refractivity contribution in [3.63, 3.8) is 0 Å². The van der Waals surface area contributed by atoms with Crippen molar-refractivity contribution in [2.24, 2.45) is 0 Å². The minimum absolute atomic E-state index is 0.0671. The summed E-state index contributed by atoms with van der Waals surface area (Å²) in [4.78, 5) is 23.2. The van der Waals surface area contributed by atoms with Crippen molar-refractivity contribution in [3.8, 4) is 11.5 Å². The Bertz CT molecular complexity index is 832. The molecule has 7 nitrogen and oxygen atoms in total. The van der Waals surface area contributed by atoms with Crippen LogP contribution in [-0.4, -0.2) is 24.0 Å². The van der Waals surface area contributed by atoms with Crippen molar-refractivity contribution in [2.75, 3.05) is 18.5 Å². The monoisotopic (exact) mass is 328 g/mol. The number of carbonyl (C=O) groups excluding carboxylic acids is 1. The molecule has 24 heavy (non-hydrogen) atoms. The Morgan fingerprint density at radius 2 is 1.75 bits per heavy atom. The third-order valence-electron chi connectivity index (χ3n) is 3.87. The second-order valence-electron chi connectivity index (χ2n) is 5.52. The number of fused-ring (bicyclic) bond motifs is 1. The molecular weight excluding hydrogens is 312 g/mol. The van der Waals surface area contributed by atoms with Gasteiger partial charge in [-0.1, -0.05) is 6.07 Å². The molecule has 0 saturated heterocycles. The minimum Gasteiger partial charge on any atom is -0.486 e. The van der Waals surface area contributed by atoms with Gasteiger partial charge in [0.05, 0.1) is 11.0 Å². The maximum absolute atomic E-state index is 12.5. The lowest BCUT2D eigenvalue weighted by atomic mass is 10.1.